The molecule has 11 heteroatoms. The van der Waals surface area contributed by atoms with Crippen molar-refractivity contribution in [2.45, 2.75) is 31.9 Å². The summed E-state index contributed by atoms with van der Waals surface area (Å²) < 4.78 is 1.58. The molecule has 1 atom stereocenters. The van der Waals surface area contributed by atoms with Crippen LogP contribution >= 0.6 is 0 Å². The highest BCUT2D eigenvalue weighted by Gasteiger charge is 2.28. The van der Waals surface area contributed by atoms with Crippen molar-refractivity contribution in [3.05, 3.63) is 63.7 Å². The summed E-state index contributed by atoms with van der Waals surface area (Å²) in [6.45, 7) is 2.23. The molecule has 1 amide bonds. The van der Waals surface area contributed by atoms with Crippen LogP contribution in [0.2, 0.25) is 0 Å². The molecule has 1 saturated heterocycles. The first-order valence-electron chi connectivity index (χ1n) is 11.8. The number of hydrogen-bond donors (Lipinski definition) is 3. The first kappa shape index (κ1) is 22.1. The molecule has 0 unspecified atom stereocenters. The van der Waals surface area contributed by atoms with Gasteiger partial charge in [-0.05, 0) is 44.0 Å². The molecule has 0 aromatic carbocycles. The van der Waals surface area contributed by atoms with Gasteiger partial charge in [-0.3, -0.25) is 24.1 Å². The van der Waals surface area contributed by atoms with Gasteiger partial charge < -0.3 is 15.0 Å². The first-order chi connectivity index (χ1) is 17.4. The van der Waals surface area contributed by atoms with E-state index in [9.17, 15) is 19.5 Å². The standard InChI is InChI=1S/C25H23N7O4/c1-13(33)24(35)31-9-6-14(7-10-31)32-21-17(23(34)30-25(32)36)12-27-19-5-4-18(29-20(19)21)16-11-28-22-15(16)3-2-8-26-22/h2-5,8,11-14,33H,6-7,9-10H2,1H3,(H,26,28)(H,30,34,36)/t13-/m0/s1. The van der Waals surface area contributed by atoms with E-state index < -0.39 is 17.4 Å². The Bertz CT molecular complexity index is 1760. The Morgan fingerprint density at radius 1 is 1.14 bits per heavy atom. The fourth-order valence-corrected chi connectivity index (χ4v) is 5.06. The third-order valence-corrected chi connectivity index (χ3v) is 6.84. The SMILES string of the molecule is C[C@H](O)C(=O)N1CCC(n2c(=O)[nH]c(=O)c3cnc4ccc(-c5c[nH]c6ncccc56)nc4c32)CC1. The van der Waals surface area contributed by atoms with Crippen LogP contribution in [0.4, 0.5) is 0 Å². The van der Waals surface area contributed by atoms with Crippen molar-refractivity contribution in [2.75, 3.05) is 13.1 Å². The van der Waals surface area contributed by atoms with Gasteiger partial charge in [0, 0.05) is 48.7 Å². The lowest BCUT2D eigenvalue weighted by atomic mass is 10.0. The number of aromatic nitrogens is 6. The Morgan fingerprint density at radius 3 is 2.72 bits per heavy atom. The van der Waals surface area contributed by atoms with Crippen LogP contribution in [0.25, 0.3) is 44.2 Å². The largest absolute Gasteiger partial charge is 0.384 e. The number of carbonyl (C=O) groups is 1. The number of aliphatic hydroxyl groups excluding tert-OH is 1. The van der Waals surface area contributed by atoms with Crippen LogP contribution in [0.15, 0.2) is 52.4 Å². The summed E-state index contributed by atoms with van der Waals surface area (Å²) in [7, 11) is 0. The number of aromatic amines is 2. The van der Waals surface area contributed by atoms with Gasteiger partial charge in [-0.2, -0.15) is 0 Å². The molecule has 3 N–H and O–H groups in total. The van der Waals surface area contributed by atoms with Crippen LogP contribution in [0.5, 0.6) is 0 Å². The van der Waals surface area contributed by atoms with E-state index in [0.717, 1.165) is 16.6 Å². The van der Waals surface area contributed by atoms with Gasteiger partial charge in [0.2, 0.25) is 0 Å². The summed E-state index contributed by atoms with van der Waals surface area (Å²) in [6.07, 6.45) is 4.93. The van der Waals surface area contributed by atoms with Gasteiger partial charge in [-0.1, -0.05) is 0 Å². The highest BCUT2D eigenvalue weighted by Crippen LogP contribution is 2.31. The fraction of sp³-hybridized carbons (Fsp3) is 0.280. The summed E-state index contributed by atoms with van der Waals surface area (Å²) in [4.78, 5) is 58.9. The summed E-state index contributed by atoms with van der Waals surface area (Å²) >= 11 is 0. The van der Waals surface area contributed by atoms with Gasteiger partial charge in [0.15, 0.2) is 0 Å². The summed E-state index contributed by atoms with van der Waals surface area (Å²) in [5.74, 6) is -0.332. The number of aliphatic hydroxyl groups is 1. The van der Waals surface area contributed by atoms with E-state index in [4.69, 9.17) is 4.98 Å². The number of fused-ring (bicyclic) bond motifs is 4. The smallest absolute Gasteiger partial charge is 0.329 e. The molecular formula is C25H23N7O4. The Kier molecular flexibility index (Phi) is 5.15. The minimum absolute atomic E-state index is 0.261. The molecule has 6 heterocycles. The number of carbonyl (C=O) groups excluding carboxylic acids is 1. The predicted octanol–water partition coefficient (Wildman–Crippen LogP) is 1.72. The molecule has 182 valence electrons. The van der Waals surface area contributed by atoms with Crippen LogP contribution in [-0.4, -0.2) is 64.6 Å². The number of rotatable bonds is 3. The third-order valence-electron chi connectivity index (χ3n) is 6.84. The molecule has 5 aromatic rings. The summed E-state index contributed by atoms with van der Waals surface area (Å²) in [6, 6.07) is 7.22. The van der Waals surface area contributed by atoms with E-state index in [1.807, 2.05) is 30.5 Å². The Hall–Kier alpha value is -4.38. The van der Waals surface area contributed by atoms with E-state index in [1.54, 1.807) is 15.7 Å². The summed E-state index contributed by atoms with van der Waals surface area (Å²) in [5.41, 5.74) is 2.63. The monoisotopic (exact) mass is 485 g/mol. The second kappa shape index (κ2) is 8.38. The zero-order valence-corrected chi connectivity index (χ0v) is 19.4. The maximum Gasteiger partial charge on any atom is 0.329 e. The molecule has 1 fully saturated rings. The van der Waals surface area contributed by atoms with Crippen molar-refractivity contribution in [2.24, 2.45) is 0 Å². The summed E-state index contributed by atoms with van der Waals surface area (Å²) in [5, 5.41) is 10.8. The second-order valence-corrected chi connectivity index (χ2v) is 9.05. The predicted molar refractivity (Wildman–Crippen MR) is 134 cm³/mol. The average Bonchev–Trinajstić information content (AvgIpc) is 3.32. The Balaban J connectivity index is 1.53. The Labute approximate surface area is 203 Å². The highest BCUT2D eigenvalue weighted by molar-refractivity contribution is 6.02. The van der Waals surface area contributed by atoms with Gasteiger partial charge in [0.05, 0.1) is 22.1 Å². The van der Waals surface area contributed by atoms with E-state index in [2.05, 4.69) is 19.9 Å². The number of amides is 1. The lowest BCUT2D eigenvalue weighted by Gasteiger charge is -2.34. The number of piperidine rings is 1. The minimum Gasteiger partial charge on any atom is -0.384 e. The van der Waals surface area contributed by atoms with E-state index in [-0.39, 0.29) is 17.3 Å². The number of likely N-dealkylation sites (tertiary alicyclic amines) is 1. The van der Waals surface area contributed by atoms with Gasteiger partial charge in [0.1, 0.15) is 17.3 Å². The Morgan fingerprint density at radius 2 is 1.94 bits per heavy atom. The number of hydrogen-bond acceptors (Lipinski definition) is 7. The molecule has 0 saturated carbocycles. The van der Waals surface area contributed by atoms with Crippen LogP contribution in [0.1, 0.15) is 25.8 Å². The van der Waals surface area contributed by atoms with Crippen molar-refractivity contribution >= 4 is 38.9 Å². The minimum atomic E-state index is -1.07. The molecule has 6 rings (SSSR count). The van der Waals surface area contributed by atoms with Crippen LogP contribution < -0.4 is 11.2 Å². The number of H-pyrrole nitrogens is 2. The topological polar surface area (TPSA) is 150 Å². The number of pyridine rings is 3. The molecule has 0 aliphatic carbocycles. The average molecular weight is 486 g/mol. The van der Waals surface area contributed by atoms with Crippen LogP contribution in [0.3, 0.4) is 0 Å². The zero-order valence-electron chi connectivity index (χ0n) is 19.4. The number of nitrogens with zero attached hydrogens (tertiary/aromatic N) is 5. The quantitative estimate of drug-likeness (QED) is 0.329. The molecule has 36 heavy (non-hydrogen) atoms. The zero-order chi connectivity index (χ0) is 25.0. The van der Waals surface area contributed by atoms with E-state index >= 15 is 0 Å². The van der Waals surface area contributed by atoms with Gasteiger partial charge >= 0.3 is 5.69 Å². The van der Waals surface area contributed by atoms with Gasteiger partial charge in [-0.15, -0.1) is 0 Å². The van der Waals surface area contributed by atoms with Crippen molar-refractivity contribution in [1.29, 1.82) is 0 Å². The maximum atomic E-state index is 13.1. The molecule has 1 aliphatic heterocycles. The van der Waals surface area contributed by atoms with Crippen molar-refractivity contribution < 1.29 is 9.90 Å². The second-order valence-electron chi connectivity index (χ2n) is 9.05. The molecule has 0 bridgehead atoms. The lowest BCUT2D eigenvalue weighted by molar-refractivity contribution is -0.140. The first-order valence-corrected chi connectivity index (χ1v) is 11.8. The van der Waals surface area contributed by atoms with Crippen molar-refractivity contribution in [3.63, 3.8) is 0 Å². The maximum absolute atomic E-state index is 13.1. The molecule has 0 radical (unpaired) electrons. The van der Waals surface area contributed by atoms with Gasteiger partial charge in [-0.25, -0.2) is 14.8 Å². The molecule has 11 nitrogen and oxygen atoms in total. The van der Waals surface area contributed by atoms with Gasteiger partial charge in [0.25, 0.3) is 11.5 Å². The van der Waals surface area contributed by atoms with E-state index in [1.165, 1.54) is 13.1 Å². The fourth-order valence-electron chi connectivity index (χ4n) is 5.06. The van der Waals surface area contributed by atoms with Crippen molar-refractivity contribution in [1.82, 2.24) is 34.4 Å². The normalized spacial score (nSPS) is 15.7. The van der Waals surface area contributed by atoms with E-state index in [0.29, 0.717) is 48.2 Å². The molecule has 0 spiro atoms. The lowest BCUT2D eigenvalue weighted by Crippen LogP contribution is -2.45. The highest BCUT2D eigenvalue weighted by atomic mass is 16.3. The van der Waals surface area contributed by atoms with Crippen LogP contribution in [0, 0.1) is 0 Å². The molecule has 5 aromatic heterocycles. The van der Waals surface area contributed by atoms with Crippen molar-refractivity contribution in [3.8, 4) is 11.3 Å². The molecular weight excluding hydrogens is 462 g/mol. The van der Waals surface area contributed by atoms with Crippen LogP contribution in [-0.2, 0) is 4.79 Å². The molecule has 1 aliphatic rings. The number of nitrogens with one attached hydrogen (secondary N) is 2. The third kappa shape index (κ3) is 3.47.